The zero-order chi connectivity index (χ0) is 15.9. The molecule has 9 heteroatoms. The van der Waals surface area contributed by atoms with Gasteiger partial charge in [0.2, 0.25) is 0 Å². The topological polar surface area (TPSA) is 47.3 Å². The molecule has 114 valence electrons. The van der Waals surface area contributed by atoms with Gasteiger partial charge < -0.3 is 4.42 Å². The van der Waals surface area contributed by atoms with Crippen molar-refractivity contribution in [3.05, 3.63) is 40.5 Å². The minimum absolute atomic E-state index is 0.515. The predicted octanol–water partition coefficient (Wildman–Crippen LogP) is 6.38. The summed E-state index contributed by atoms with van der Waals surface area (Å²) < 4.78 is 12.5. The summed E-state index contributed by atoms with van der Waals surface area (Å²) in [6.07, 6.45) is 0. The molecule has 0 aliphatic rings. The molecule has 0 saturated heterocycles. The Morgan fingerprint density at radius 1 is 0.696 bits per heavy atom. The van der Waals surface area contributed by atoms with E-state index in [0.717, 1.165) is 35.8 Å². The van der Waals surface area contributed by atoms with Crippen LogP contribution in [0.15, 0.2) is 33.7 Å². The van der Waals surface area contributed by atoms with Crippen LogP contribution in [0, 0.1) is 0 Å². The molecule has 0 saturated carbocycles. The van der Waals surface area contributed by atoms with Crippen molar-refractivity contribution in [1.82, 2.24) is 0 Å². The van der Waals surface area contributed by atoms with Crippen molar-refractivity contribution in [3.8, 4) is 0 Å². The van der Waals surface area contributed by atoms with Gasteiger partial charge in [-0.3, -0.25) is 0 Å². The van der Waals surface area contributed by atoms with Crippen molar-refractivity contribution < 1.29 is 4.42 Å². The van der Waals surface area contributed by atoms with Gasteiger partial charge in [-0.25, -0.2) is 9.59 Å². The van der Waals surface area contributed by atoms with E-state index >= 15 is 0 Å². The Morgan fingerprint density at radius 2 is 1.13 bits per heavy atom. The molecule has 0 atom stereocenters. The van der Waals surface area contributed by atoms with Crippen LogP contribution >= 0.6 is 77.2 Å². The summed E-state index contributed by atoms with van der Waals surface area (Å²) in [6, 6.07) is 4.00. The third-order valence-electron chi connectivity index (χ3n) is 3.47. The van der Waals surface area contributed by atoms with Crippen molar-refractivity contribution >= 4 is 116 Å². The lowest BCUT2D eigenvalue weighted by molar-refractivity contribution is 0.492. The minimum Gasteiger partial charge on any atom is -0.386 e. The van der Waals surface area contributed by atoms with Crippen molar-refractivity contribution in [2.24, 2.45) is 0 Å². The molecule has 5 rings (SSSR count). The fourth-order valence-electron chi connectivity index (χ4n) is 2.60. The highest BCUT2D eigenvalue weighted by molar-refractivity contribution is 9.11. The molecular formula is C14H2Br2O3S4. The largest absolute Gasteiger partial charge is 0.386 e. The monoisotopic (exact) mass is 504 g/mol. The standard InChI is InChI=1S/C14H2Br2O3S4/c15-5-1-3-9(22-5)7-11(20-3)12-8(14(18)19-13(7)17)10-4(21-12)2-6(16)23-10/h1-2H. The second kappa shape index (κ2) is 4.96. The predicted molar refractivity (Wildman–Crippen MR) is 108 cm³/mol. The summed E-state index contributed by atoms with van der Waals surface area (Å²) in [4.78, 5) is 24.9. The van der Waals surface area contributed by atoms with E-state index in [1.807, 2.05) is 12.1 Å². The first kappa shape index (κ1) is 14.7. The molecule has 23 heavy (non-hydrogen) atoms. The summed E-state index contributed by atoms with van der Waals surface area (Å²) in [5, 5.41) is 1.03. The number of fused-ring (bicyclic) bond motifs is 7. The van der Waals surface area contributed by atoms with Gasteiger partial charge in [-0.2, -0.15) is 0 Å². The van der Waals surface area contributed by atoms with Gasteiger partial charge in [-0.05, 0) is 44.0 Å². The molecule has 3 nitrogen and oxygen atoms in total. The third kappa shape index (κ3) is 2.01. The summed E-state index contributed by atoms with van der Waals surface area (Å²) in [7, 11) is 0. The molecule has 0 fully saturated rings. The van der Waals surface area contributed by atoms with E-state index < -0.39 is 11.3 Å². The van der Waals surface area contributed by atoms with Gasteiger partial charge in [0.05, 0.1) is 37.1 Å². The van der Waals surface area contributed by atoms with Crippen LogP contribution in [0.25, 0.3) is 39.0 Å². The first-order valence-corrected chi connectivity index (χ1v) is 11.1. The van der Waals surface area contributed by atoms with Crippen molar-refractivity contribution in [2.75, 3.05) is 0 Å². The zero-order valence-corrected chi connectivity index (χ0v) is 17.2. The van der Waals surface area contributed by atoms with E-state index in [1.165, 1.54) is 45.3 Å². The van der Waals surface area contributed by atoms with Crippen LogP contribution in [0.2, 0.25) is 0 Å². The highest BCUT2D eigenvalue weighted by Gasteiger charge is 2.20. The normalized spacial score (nSPS) is 12.3. The number of halogens is 2. The van der Waals surface area contributed by atoms with Gasteiger partial charge in [-0.1, -0.05) is 0 Å². The van der Waals surface area contributed by atoms with Gasteiger partial charge in [0.1, 0.15) is 0 Å². The van der Waals surface area contributed by atoms with E-state index in [0.29, 0.717) is 10.8 Å². The molecule has 0 unspecified atom stereocenters. The van der Waals surface area contributed by atoms with Crippen LogP contribution in [0.5, 0.6) is 0 Å². The van der Waals surface area contributed by atoms with E-state index in [4.69, 9.17) is 4.42 Å². The lowest BCUT2D eigenvalue weighted by atomic mass is 10.3. The van der Waals surface area contributed by atoms with E-state index in [9.17, 15) is 9.59 Å². The van der Waals surface area contributed by atoms with E-state index in [2.05, 4.69) is 31.9 Å². The SMILES string of the molecule is O=c1oc(=O)c2c3sc(Br)cc3sc2c2sc3cc(Br)sc3c12. The van der Waals surface area contributed by atoms with Crippen LogP contribution in [-0.2, 0) is 0 Å². The fourth-order valence-corrected chi connectivity index (χ4v) is 9.14. The zero-order valence-electron chi connectivity index (χ0n) is 10.8. The van der Waals surface area contributed by atoms with Crippen LogP contribution in [0.4, 0.5) is 0 Å². The van der Waals surface area contributed by atoms with Crippen LogP contribution in [-0.4, -0.2) is 0 Å². The summed E-state index contributed by atoms with van der Waals surface area (Å²) in [5.74, 6) is 0. The summed E-state index contributed by atoms with van der Waals surface area (Å²) in [6.45, 7) is 0. The maximum absolute atomic E-state index is 12.5. The highest BCUT2D eigenvalue weighted by atomic mass is 79.9. The number of thiophene rings is 4. The molecule has 0 N–H and O–H groups in total. The fraction of sp³-hybridized carbons (Fsp3) is 0. The third-order valence-corrected chi connectivity index (χ3v) is 9.48. The second-order valence-corrected chi connectivity index (χ2v) is 11.7. The maximum Gasteiger partial charge on any atom is 0.349 e. The number of hydrogen-bond acceptors (Lipinski definition) is 7. The molecule has 5 aromatic heterocycles. The molecule has 0 aliphatic heterocycles. The molecule has 0 amide bonds. The van der Waals surface area contributed by atoms with Gasteiger partial charge in [0, 0.05) is 9.40 Å². The maximum atomic E-state index is 12.5. The van der Waals surface area contributed by atoms with Gasteiger partial charge in [0.15, 0.2) is 0 Å². The molecule has 0 aliphatic carbocycles. The highest BCUT2D eigenvalue weighted by Crippen LogP contribution is 2.46. The Morgan fingerprint density at radius 3 is 1.57 bits per heavy atom. The average molecular weight is 506 g/mol. The summed E-state index contributed by atoms with van der Waals surface area (Å²) >= 11 is 12.9. The molecular weight excluding hydrogens is 504 g/mol. The molecule has 0 spiro atoms. The number of hydrogen-bond donors (Lipinski definition) is 0. The van der Waals surface area contributed by atoms with Crippen LogP contribution in [0.1, 0.15) is 0 Å². The van der Waals surface area contributed by atoms with Crippen LogP contribution < -0.4 is 11.3 Å². The van der Waals surface area contributed by atoms with Crippen molar-refractivity contribution in [1.29, 1.82) is 0 Å². The minimum atomic E-state index is -0.558. The Labute approximate surface area is 160 Å². The van der Waals surface area contributed by atoms with Gasteiger partial charge in [-0.15, -0.1) is 45.3 Å². The first-order chi connectivity index (χ1) is 11.0. The van der Waals surface area contributed by atoms with Crippen molar-refractivity contribution in [3.63, 3.8) is 0 Å². The molecule has 0 radical (unpaired) electrons. The lowest BCUT2D eigenvalue weighted by Gasteiger charge is -1.82. The Bertz CT molecular complexity index is 1280. The van der Waals surface area contributed by atoms with Gasteiger partial charge >= 0.3 is 11.3 Å². The van der Waals surface area contributed by atoms with Crippen LogP contribution in [0.3, 0.4) is 0 Å². The van der Waals surface area contributed by atoms with E-state index in [1.54, 1.807) is 0 Å². The Balaban J connectivity index is 2.19. The first-order valence-electron chi connectivity index (χ1n) is 6.23. The quantitative estimate of drug-likeness (QED) is 0.245. The molecule has 0 aromatic carbocycles. The van der Waals surface area contributed by atoms with Crippen molar-refractivity contribution in [2.45, 2.75) is 0 Å². The lowest BCUT2D eigenvalue weighted by Crippen LogP contribution is -2.04. The Hall–Kier alpha value is -0.580. The van der Waals surface area contributed by atoms with Gasteiger partial charge in [0.25, 0.3) is 0 Å². The smallest absolute Gasteiger partial charge is 0.349 e. The molecule has 5 aromatic rings. The van der Waals surface area contributed by atoms with E-state index in [-0.39, 0.29) is 0 Å². The average Bonchev–Trinajstić information content (AvgIpc) is 3.13. The number of rotatable bonds is 0. The molecule has 0 bridgehead atoms. The second-order valence-electron chi connectivity index (χ2n) is 4.78. The Kier molecular flexibility index (Phi) is 3.18. The summed E-state index contributed by atoms with van der Waals surface area (Å²) in [5.41, 5.74) is -1.12. The molecule has 5 heterocycles.